The summed E-state index contributed by atoms with van der Waals surface area (Å²) in [5.41, 5.74) is 0.558. The highest BCUT2D eigenvalue weighted by molar-refractivity contribution is 5.13. The summed E-state index contributed by atoms with van der Waals surface area (Å²) in [5, 5.41) is 20.7. The molecule has 2 heterocycles. The lowest BCUT2D eigenvalue weighted by Gasteiger charge is -2.53. The third-order valence-corrected chi connectivity index (χ3v) is 3.66. The molecule has 15 heavy (non-hydrogen) atoms. The number of aromatic amines is 1. The Morgan fingerprint density at radius 2 is 2.13 bits per heavy atom. The van der Waals surface area contributed by atoms with Crippen LogP contribution in [0.4, 0.5) is 0 Å². The van der Waals surface area contributed by atoms with Crippen molar-refractivity contribution in [1.29, 1.82) is 0 Å². The third kappa shape index (κ3) is 1.38. The fourth-order valence-corrected chi connectivity index (χ4v) is 2.61. The van der Waals surface area contributed by atoms with Gasteiger partial charge in [-0.15, -0.1) is 10.2 Å². The van der Waals surface area contributed by atoms with Crippen molar-refractivity contribution in [1.82, 2.24) is 20.5 Å². The summed E-state index contributed by atoms with van der Waals surface area (Å²) in [6.45, 7) is 4.00. The molecule has 5 nitrogen and oxygen atoms in total. The second-order valence-electron chi connectivity index (χ2n) is 4.98. The van der Waals surface area contributed by atoms with E-state index in [2.05, 4.69) is 20.5 Å². The highest BCUT2D eigenvalue weighted by atomic mass is 16.3. The van der Waals surface area contributed by atoms with E-state index in [1.807, 2.05) is 0 Å². The van der Waals surface area contributed by atoms with Gasteiger partial charge in [-0.3, -0.25) is 0 Å². The number of aliphatic hydroxyl groups is 1. The van der Waals surface area contributed by atoms with E-state index >= 15 is 0 Å². The maximum absolute atomic E-state index is 9.33. The molecule has 1 aliphatic carbocycles. The first-order valence-corrected chi connectivity index (χ1v) is 5.50. The van der Waals surface area contributed by atoms with E-state index in [0.717, 1.165) is 18.9 Å². The van der Waals surface area contributed by atoms with Gasteiger partial charge in [-0.1, -0.05) is 0 Å². The number of nitrogens with one attached hydrogen (secondary N) is 2. The third-order valence-electron chi connectivity index (χ3n) is 3.66. The van der Waals surface area contributed by atoms with Crippen LogP contribution in [0.3, 0.4) is 0 Å². The summed E-state index contributed by atoms with van der Waals surface area (Å²) in [4.78, 5) is 3.11. The zero-order valence-electron chi connectivity index (χ0n) is 8.82. The predicted molar refractivity (Wildman–Crippen MR) is 54.3 cm³/mol. The van der Waals surface area contributed by atoms with Crippen molar-refractivity contribution in [3.05, 3.63) is 11.6 Å². The van der Waals surface area contributed by atoms with Gasteiger partial charge in [0.2, 0.25) is 0 Å². The van der Waals surface area contributed by atoms with Gasteiger partial charge in [-0.2, -0.15) is 0 Å². The fourth-order valence-electron chi connectivity index (χ4n) is 2.61. The minimum absolute atomic E-state index is 0.520. The molecule has 5 heteroatoms. The average molecular weight is 208 g/mol. The molecule has 1 unspecified atom stereocenters. The molecule has 3 rings (SSSR count). The van der Waals surface area contributed by atoms with Crippen LogP contribution < -0.4 is 5.32 Å². The Morgan fingerprint density at radius 3 is 2.60 bits per heavy atom. The van der Waals surface area contributed by atoms with E-state index in [-0.39, 0.29) is 0 Å². The summed E-state index contributed by atoms with van der Waals surface area (Å²) in [6, 6.07) is 0. The first-order valence-electron chi connectivity index (χ1n) is 5.50. The largest absolute Gasteiger partial charge is 0.385 e. The molecule has 1 saturated heterocycles. The number of H-pyrrole nitrogens is 1. The molecule has 1 aromatic heterocycles. The Morgan fingerprint density at radius 1 is 1.40 bits per heavy atom. The normalized spacial score (nSPS) is 26.0. The average Bonchev–Trinajstić information content (AvgIpc) is 2.47. The van der Waals surface area contributed by atoms with Crippen LogP contribution in [0.2, 0.25) is 0 Å². The van der Waals surface area contributed by atoms with E-state index in [0.29, 0.717) is 17.2 Å². The molecule has 82 valence electrons. The summed E-state index contributed by atoms with van der Waals surface area (Å²) in [5.74, 6) is 2.05. The topological polar surface area (TPSA) is 73.8 Å². The van der Waals surface area contributed by atoms with E-state index in [9.17, 15) is 5.11 Å². The van der Waals surface area contributed by atoms with Crippen molar-refractivity contribution < 1.29 is 5.11 Å². The van der Waals surface area contributed by atoms with E-state index in [1.54, 1.807) is 6.92 Å². The lowest BCUT2D eigenvalue weighted by molar-refractivity contribution is 0.0331. The Kier molecular flexibility index (Phi) is 1.87. The molecule has 1 aromatic rings. The molecule has 1 atom stereocenters. The smallest absolute Gasteiger partial charge is 0.159 e. The van der Waals surface area contributed by atoms with E-state index < -0.39 is 6.10 Å². The molecule has 2 fully saturated rings. The Balaban J connectivity index is 1.67. The van der Waals surface area contributed by atoms with Gasteiger partial charge in [0.1, 0.15) is 11.9 Å². The SMILES string of the molecule is CC(O)c1nnc(C2CC3(CNC3)C2)[nH]1. The van der Waals surface area contributed by atoms with Crippen LogP contribution in [0.15, 0.2) is 0 Å². The van der Waals surface area contributed by atoms with Crippen molar-refractivity contribution in [3.8, 4) is 0 Å². The molecule has 0 amide bonds. The van der Waals surface area contributed by atoms with Crippen LogP contribution >= 0.6 is 0 Å². The van der Waals surface area contributed by atoms with Gasteiger partial charge in [0.15, 0.2) is 5.82 Å². The van der Waals surface area contributed by atoms with Crippen molar-refractivity contribution >= 4 is 0 Å². The minimum atomic E-state index is -0.550. The highest BCUT2D eigenvalue weighted by Crippen LogP contribution is 2.52. The summed E-state index contributed by atoms with van der Waals surface area (Å²) < 4.78 is 0. The maximum Gasteiger partial charge on any atom is 0.159 e. The highest BCUT2D eigenvalue weighted by Gasteiger charge is 2.49. The quantitative estimate of drug-likeness (QED) is 0.654. The molecule has 3 N–H and O–H groups in total. The van der Waals surface area contributed by atoms with Crippen molar-refractivity contribution in [2.24, 2.45) is 5.41 Å². The van der Waals surface area contributed by atoms with Gasteiger partial charge >= 0.3 is 0 Å². The van der Waals surface area contributed by atoms with Gasteiger partial charge < -0.3 is 15.4 Å². The van der Waals surface area contributed by atoms with Crippen LogP contribution in [0.25, 0.3) is 0 Å². The van der Waals surface area contributed by atoms with Crippen molar-refractivity contribution in [2.75, 3.05) is 13.1 Å². The van der Waals surface area contributed by atoms with E-state index in [4.69, 9.17) is 0 Å². The lowest BCUT2D eigenvalue weighted by Crippen LogP contribution is -2.59. The van der Waals surface area contributed by atoms with Gasteiger partial charge in [0, 0.05) is 19.0 Å². The summed E-state index contributed by atoms with van der Waals surface area (Å²) in [7, 11) is 0. The van der Waals surface area contributed by atoms with Crippen molar-refractivity contribution in [3.63, 3.8) is 0 Å². The number of aromatic nitrogens is 3. The van der Waals surface area contributed by atoms with Gasteiger partial charge in [-0.25, -0.2) is 0 Å². The minimum Gasteiger partial charge on any atom is -0.385 e. The molecule has 1 aliphatic heterocycles. The zero-order chi connectivity index (χ0) is 10.5. The Labute approximate surface area is 88.3 Å². The molecular formula is C10H16N4O. The first kappa shape index (κ1) is 9.30. The second-order valence-corrected chi connectivity index (χ2v) is 4.98. The zero-order valence-corrected chi connectivity index (χ0v) is 8.82. The molecule has 2 aliphatic rings. The number of hydrogen-bond donors (Lipinski definition) is 3. The fraction of sp³-hybridized carbons (Fsp3) is 0.800. The molecule has 0 aromatic carbocycles. The monoisotopic (exact) mass is 208 g/mol. The second kappa shape index (κ2) is 3.02. The molecule has 1 saturated carbocycles. The van der Waals surface area contributed by atoms with Crippen LogP contribution in [0.1, 0.15) is 43.4 Å². The first-order chi connectivity index (χ1) is 7.19. The molecular weight excluding hydrogens is 192 g/mol. The number of rotatable bonds is 2. The molecule has 0 bridgehead atoms. The summed E-state index contributed by atoms with van der Waals surface area (Å²) >= 11 is 0. The Hall–Kier alpha value is -0.940. The lowest BCUT2D eigenvalue weighted by atomic mass is 9.58. The number of aliphatic hydroxyl groups excluding tert-OH is 1. The van der Waals surface area contributed by atoms with Gasteiger partial charge in [0.05, 0.1) is 0 Å². The Bertz CT molecular complexity index is 361. The molecule has 0 radical (unpaired) electrons. The number of hydrogen-bond acceptors (Lipinski definition) is 4. The maximum atomic E-state index is 9.33. The van der Waals surface area contributed by atoms with Crippen molar-refractivity contribution in [2.45, 2.75) is 31.8 Å². The number of nitrogens with zero attached hydrogens (tertiary/aromatic N) is 2. The molecule has 1 spiro atoms. The van der Waals surface area contributed by atoms with E-state index in [1.165, 1.54) is 12.8 Å². The van der Waals surface area contributed by atoms with Crippen LogP contribution in [-0.2, 0) is 0 Å². The predicted octanol–water partition coefficient (Wildman–Crippen LogP) is 0.325. The van der Waals surface area contributed by atoms with Crippen LogP contribution in [-0.4, -0.2) is 33.4 Å². The van der Waals surface area contributed by atoms with Crippen LogP contribution in [0.5, 0.6) is 0 Å². The van der Waals surface area contributed by atoms with Gasteiger partial charge in [-0.05, 0) is 25.2 Å². The van der Waals surface area contributed by atoms with Crippen LogP contribution in [0, 0.1) is 5.41 Å². The standard InChI is InChI=1S/C10H16N4O/c1-6(15)8-12-9(14-13-8)7-2-10(3-7)4-11-5-10/h6-7,11,15H,2-5H2,1H3,(H,12,13,14). The van der Waals surface area contributed by atoms with Gasteiger partial charge in [0.25, 0.3) is 0 Å². The summed E-state index contributed by atoms with van der Waals surface area (Å²) in [6.07, 6.45) is 1.86.